The van der Waals surface area contributed by atoms with Crippen molar-refractivity contribution < 1.29 is 0 Å². The molecule has 0 saturated heterocycles. The van der Waals surface area contributed by atoms with Gasteiger partial charge >= 0.3 is 0 Å². The summed E-state index contributed by atoms with van der Waals surface area (Å²) in [6.45, 7) is 2.15. The average Bonchev–Trinajstić information content (AvgIpc) is 2.31. The molecular weight excluding hydrogens is 186 g/mol. The summed E-state index contributed by atoms with van der Waals surface area (Å²) in [6.07, 6.45) is 5.32. The Balaban J connectivity index is 2.79. The zero-order valence-corrected chi connectivity index (χ0v) is 9.26. The number of hydrogen-bond acceptors (Lipinski definition) is 3. The molecule has 3 heteroatoms. The van der Waals surface area contributed by atoms with Crippen LogP contribution >= 0.6 is 24.0 Å². The molecule has 1 nitrogen and oxygen atoms in total. The third-order valence-corrected chi connectivity index (χ3v) is 3.10. The summed E-state index contributed by atoms with van der Waals surface area (Å²) in [7, 11) is 4.02. The second-order valence-corrected chi connectivity index (χ2v) is 4.71. The molecule has 0 aromatic rings. The van der Waals surface area contributed by atoms with E-state index in [1.165, 1.54) is 10.5 Å². The van der Waals surface area contributed by atoms with Gasteiger partial charge in [-0.2, -0.15) is 0 Å². The van der Waals surface area contributed by atoms with E-state index in [0.29, 0.717) is 0 Å². The Hall–Kier alpha value is -0.280. The molecule has 1 aliphatic heterocycles. The normalized spacial score (nSPS) is 20.1. The molecule has 0 aliphatic carbocycles. The first-order valence-electron chi connectivity index (χ1n) is 3.94. The van der Waals surface area contributed by atoms with Crippen LogP contribution in [0.1, 0.15) is 13.3 Å². The van der Waals surface area contributed by atoms with Gasteiger partial charge in [0.25, 0.3) is 0 Å². The lowest BCUT2D eigenvalue weighted by molar-refractivity contribution is 0.562. The van der Waals surface area contributed by atoms with E-state index in [1.54, 1.807) is 11.8 Å². The smallest absolute Gasteiger partial charge is 0.0837 e. The molecule has 12 heavy (non-hydrogen) atoms. The summed E-state index contributed by atoms with van der Waals surface area (Å²) in [4.78, 5) is 3.39. The first kappa shape index (κ1) is 9.81. The van der Waals surface area contributed by atoms with Crippen LogP contribution in [0.15, 0.2) is 22.8 Å². The summed E-state index contributed by atoms with van der Waals surface area (Å²) in [6, 6.07) is 0. The molecule has 0 bridgehead atoms. The van der Waals surface area contributed by atoms with Gasteiger partial charge < -0.3 is 4.90 Å². The average molecular weight is 199 g/mol. The van der Waals surface area contributed by atoms with Crippen molar-refractivity contribution >= 4 is 28.2 Å². The van der Waals surface area contributed by atoms with E-state index in [0.717, 1.165) is 10.6 Å². The van der Waals surface area contributed by atoms with Crippen LogP contribution in [-0.2, 0) is 0 Å². The van der Waals surface area contributed by atoms with Crippen molar-refractivity contribution in [2.75, 3.05) is 14.1 Å². The Morgan fingerprint density at radius 3 is 2.67 bits per heavy atom. The molecule has 0 fully saturated rings. The fourth-order valence-corrected chi connectivity index (χ4v) is 2.21. The van der Waals surface area contributed by atoms with E-state index in [9.17, 15) is 0 Å². The molecule has 0 aromatic carbocycles. The molecule has 1 rings (SSSR count). The zero-order chi connectivity index (χ0) is 9.14. The van der Waals surface area contributed by atoms with E-state index in [-0.39, 0.29) is 0 Å². The van der Waals surface area contributed by atoms with Gasteiger partial charge in [0.05, 0.1) is 4.20 Å². The van der Waals surface area contributed by atoms with Crippen LogP contribution < -0.4 is 0 Å². The molecule has 0 atom stereocenters. The highest BCUT2D eigenvalue weighted by molar-refractivity contribution is 8.26. The maximum absolute atomic E-state index is 5.22. The monoisotopic (exact) mass is 199 g/mol. The number of hydrogen-bond donors (Lipinski definition) is 0. The molecule has 0 radical (unpaired) electrons. The second-order valence-electron chi connectivity index (χ2n) is 2.90. The van der Waals surface area contributed by atoms with Crippen LogP contribution in [0, 0.1) is 0 Å². The molecule has 1 heterocycles. The number of thiocarbonyl (C=S) groups is 1. The molecule has 1 aliphatic rings. The lowest BCUT2D eigenvalue weighted by Gasteiger charge is -2.05. The molecule has 0 unspecified atom stereocenters. The predicted octanol–water partition coefficient (Wildman–Crippen LogP) is 2.80. The maximum Gasteiger partial charge on any atom is 0.0837 e. The first-order valence-corrected chi connectivity index (χ1v) is 5.17. The van der Waals surface area contributed by atoms with E-state index in [1.807, 2.05) is 19.0 Å². The molecule has 0 amide bonds. The van der Waals surface area contributed by atoms with Crippen molar-refractivity contribution in [2.45, 2.75) is 13.3 Å². The highest BCUT2D eigenvalue weighted by atomic mass is 32.2. The zero-order valence-electron chi connectivity index (χ0n) is 7.63. The quantitative estimate of drug-likeness (QED) is 0.497. The van der Waals surface area contributed by atoms with Crippen molar-refractivity contribution in [2.24, 2.45) is 0 Å². The summed E-state index contributed by atoms with van der Waals surface area (Å²) in [5, 5.41) is 0. The second kappa shape index (κ2) is 4.10. The van der Waals surface area contributed by atoms with Gasteiger partial charge in [-0.15, -0.1) is 0 Å². The molecule has 0 saturated carbocycles. The Morgan fingerprint density at radius 1 is 1.58 bits per heavy atom. The largest absolute Gasteiger partial charge is 0.383 e. The van der Waals surface area contributed by atoms with Crippen molar-refractivity contribution in [3.05, 3.63) is 22.8 Å². The van der Waals surface area contributed by atoms with Crippen molar-refractivity contribution in [3.63, 3.8) is 0 Å². The van der Waals surface area contributed by atoms with Gasteiger partial charge in [-0.25, -0.2) is 0 Å². The third kappa shape index (κ3) is 2.35. The minimum atomic E-state index is 1.00. The Morgan fingerprint density at radius 2 is 2.25 bits per heavy atom. The first-order chi connectivity index (χ1) is 5.63. The van der Waals surface area contributed by atoms with Gasteiger partial charge in [-0.3, -0.25) is 0 Å². The SMILES string of the molecule is CCC1=C/C(=C/N(C)C)C(=S)S1. The number of nitrogens with zero attached hydrogens (tertiary/aromatic N) is 1. The highest BCUT2D eigenvalue weighted by Crippen LogP contribution is 2.33. The number of thioether (sulfide) groups is 1. The van der Waals surface area contributed by atoms with Gasteiger partial charge in [0.1, 0.15) is 0 Å². The van der Waals surface area contributed by atoms with Crippen LogP contribution in [0.25, 0.3) is 0 Å². The minimum absolute atomic E-state index is 1.00. The lowest BCUT2D eigenvalue weighted by Crippen LogP contribution is -2.03. The third-order valence-electron chi connectivity index (χ3n) is 1.52. The maximum atomic E-state index is 5.22. The Kier molecular flexibility index (Phi) is 3.35. The Bertz CT molecular complexity index is 251. The molecule has 66 valence electrons. The number of rotatable bonds is 2. The fourth-order valence-electron chi connectivity index (χ4n) is 0.982. The van der Waals surface area contributed by atoms with E-state index in [2.05, 4.69) is 19.2 Å². The van der Waals surface area contributed by atoms with E-state index < -0.39 is 0 Å². The van der Waals surface area contributed by atoms with Crippen LogP contribution in [0.5, 0.6) is 0 Å². The summed E-state index contributed by atoms with van der Waals surface area (Å²) < 4.78 is 1.00. The highest BCUT2D eigenvalue weighted by Gasteiger charge is 2.14. The van der Waals surface area contributed by atoms with Crippen LogP contribution in [0.4, 0.5) is 0 Å². The molecule has 0 spiro atoms. The lowest BCUT2D eigenvalue weighted by atomic mass is 10.3. The summed E-state index contributed by atoms with van der Waals surface area (Å²) in [5.74, 6) is 0. The van der Waals surface area contributed by atoms with Gasteiger partial charge in [-0.1, -0.05) is 30.9 Å². The minimum Gasteiger partial charge on any atom is -0.383 e. The number of allylic oxidation sites excluding steroid dienone is 2. The van der Waals surface area contributed by atoms with E-state index in [4.69, 9.17) is 12.2 Å². The standard InChI is InChI=1S/C9H13NS2/c1-4-8-5-7(6-10(2)3)9(11)12-8/h5-6H,4H2,1-3H3/b7-6-. The van der Waals surface area contributed by atoms with Crippen LogP contribution in [-0.4, -0.2) is 23.2 Å². The van der Waals surface area contributed by atoms with Crippen molar-refractivity contribution in [1.29, 1.82) is 0 Å². The molecule has 0 aromatic heterocycles. The Labute approximate surface area is 83.5 Å². The van der Waals surface area contributed by atoms with Gasteiger partial charge in [-0.05, 0) is 17.4 Å². The predicted molar refractivity (Wildman–Crippen MR) is 60.3 cm³/mol. The van der Waals surface area contributed by atoms with Gasteiger partial charge in [0.2, 0.25) is 0 Å². The van der Waals surface area contributed by atoms with Crippen molar-refractivity contribution in [3.8, 4) is 0 Å². The van der Waals surface area contributed by atoms with Crippen molar-refractivity contribution in [1.82, 2.24) is 4.90 Å². The van der Waals surface area contributed by atoms with Gasteiger partial charge in [0.15, 0.2) is 0 Å². The van der Waals surface area contributed by atoms with E-state index >= 15 is 0 Å². The van der Waals surface area contributed by atoms with Crippen LogP contribution in [0.2, 0.25) is 0 Å². The summed E-state index contributed by atoms with van der Waals surface area (Å²) in [5.41, 5.74) is 1.18. The summed E-state index contributed by atoms with van der Waals surface area (Å²) >= 11 is 6.93. The molecule has 0 N–H and O–H groups in total. The fraction of sp³-hybridized carbons (Fsp3) is 0.444. The topological polar surface area (TPSA) is 3.24 Å². The van der Waals surface area contributed by atoms with Crippen LogP contribution in [0.3, 0.4) is 0 Å². The van der Waals surface area contributed by atoms with Gasteiger partial charge in [0, 0.05) is 25.9 Å². The molecular formula is C9H13NS2.